The molecule has 2 nitrogen and oxygen atoms in total. The first-order chi connectivity index (χ1) is 10.7. The normalized spacial score (nSPS) is 11.2. The van der Waals surface area contributed by atoms with Crippen LogP contribution in [0.1, 0.15) is 5.56 Å². The molecule has 2 aromatic rings. The van der Waals surface area contributed by atoms with Crippen LogP contribution < -0.4 is 10.6 Å². The third kappa shape index (κ3) is 4.88. The van der Waals surface area contributed by atoms with Crippen molar-refractivity contribution in [1.29, 1.82) is 0 Å². The van der Waals surface area contributed by atoms with Crippen LogP contribution in [-0.2, 0) is 6.18 Å². The summed E-state index contributed by atoms with van der Waals surface area (Å²) in [7, 11) is 0. The second-order valence-electron chi connectivity index (χ2n) is 4.39. The maximum atomic E-state index is 13.0. The monoisotopic (exact) mass is 398 g/mol. The Morgan fingerprint density at radius 1 is 0.870 bits per heavy atom. The van der Waals surface area contributed by atoms with Crippen LogP contribution in [0.5, 0.6) is 0 Å². The van der Waals surface area contributed by atoms with E-state index in [-0.39, 0.29) is 20.8 Å². The Labute approximate surface area is 150 Å². The van der Waals surface area contributed by atoms with E-state index in [0.29, 0.717) is 10.7 Å². The Kier molecular flexibility index (Phi) is 5.62. The first kappa shape index (κ1) is 18.1. The summed E-state index contributed by atoms with van der Waals surface area (Å²) in [6, 6.07) is 7.96. The van der Waals surface area contributed by atoms with E-state index in [2.05, 4.69) is 10.6 Å². The van der Waals surface area contributed by atoms with Crippen LogP contribution in [0.2, 0.25) is 15.1 Å². The predicted molar refractivity (Wildman–Crippen MR) is 92.8 cm³/mol. The van der Waals surface area contributed by atoms with Crippen molar-refractivity contribution in [2.45, 2.75) is 6.18 Å². The van der Waals surface area contributed by atoms with Gasteiger partial charge in [-0.1, -0.05) is 34.8 Å². The van der Waals surface area contributed by atoms with Crippen LogP contribution in [0.25, 0.3) is 0 Å². The van der Waals surface area contributed by atoms with E-state index < -0.39 is 11.7 Å². The van der Waals surface area contributed by atoms with Gasteiger partial charge in [-0.25, -0.2) is 0 Å². The molecule has 23 heavy (non-hydrogen) atoms. The maximum absolute atomic E-state index is 13.0. The van der Waals surface area contributed by atoms with E-state index in [4.69, 9.17) is 47.0 Å². The zero-order valence-electron chi connectivity index (χ0n) is 11.1. The Morgan fingerprint density at radius 3 is 1.96 bits per heavy atom. The molecule has 122 valence electrons. The van der Waals surface area contributed by atoms with Gasteiger partial charge in [-0.2, -0.15) is 13.2 Å². The van der Waals surface area contributed by atoms with Gasteiger partial charge in [0.1, 0.15) is 0 Å². The molecule has 0 heterocycles. The van der Waals surface area contributed by atoms with Crippen LogP contribution in [0.4, 0.5) is 24.5 Å². The van der Waals surface area contributed by atoms with Gasteiger partial charge >= 0.3 is 6.18 Å². The zero-order chi connectivity index (χ0) is 17.2. The molecule has 0 aromatic heterocycles. The van der Waals surface area contributed by atoms with Gasteiger partial charge in [0.25, 0.3) is 0 Å². The predicted octanol–water partition coefficient (Wildman–Crippen LogP) is 6.47. The quantitative estimate of drug-likeness (QED) is 0.566. The van der Waals surface area contributed by atoms with Gasteiger partial charge in [-0.15, -0.1) is 0 Å². The van der Waals surface area contributed by atoms with E-state index in [1.54, 1.807) is 12.1 Å². The molecule has 2 rings (SSSR count). The fraction of sp³-hybridized carbons (Fsp3) is 0.0714. The number of thiocarbonyl (C=S) groups is 1. The molecule has 9 heteroatoms. The van der Waals surface area contributed by atoms with Crippen molar-refractivity contribution in [1.82, 2.24) is 0 Å². The van der Waals surface area contributed by atoms with Crippen LogP contribution in [-0.4, -0.2) is 5.11 Å². The smallest absolute Gasteiger partial charge is 0.332 e. The van der Waals surface area contributed by atoms with Gasteiger partial charge in [-0.05, 0) is 48.6 Å². The summed E-state index contributed by atoms with van der Waals surface area (Å²) in [5, 5.41) is 5.83. The van der Waals surface area contributed by atoms with Gasteiger partial charge in [0, 0.05) is 10.0 Å². The summed E-state index contributed by atoms with van der Waals surface area (Å²) < 4.78 is 39.0. The molecule has 0 atom stereocenters. The minimum Gasteiger partial charge on any atom is -0.332 e. The summed E-state index contributed by atoms with van der Waals surface area (Å²) in [4.78, 5) is 0. The molecular formula is C14H8Cl3F3N2S. The molecule has 0 spiro atoms. The SMILES string of the molecule is FC(F)(F)c1cc(Cl)ccc1NC(=S)Nc1ccc(Cl)cc1Cl. The Balaban J connectivity index is 2.21. The maximum Gasteiger partial charge on any atom is 0.418 e. The van der Waals surface area contributed by atoms with Gasteiger partial charge in [0.15, 0.2) is 5.11 Å². The molecular weight excluding hydrogens is 392 g/mol. The molecule has 0 bridgehead atoms. The minimum absolute atomic E-state index is 0.0255. The summed E-state index contributed by atoms with van der Waals surface area (Å²) in [5.41, 5.74) is -0.725. The Morgan fingerprint density at radius 2 is 1.39 bits per heavy atom. The van der Waals surface area contributed by atoms with Crippen molar-refractivity contribution in [3.8, 4) is 0 Å². The van der Waals surface area contributed by atoms with Crippen molar-refractivity contribution in [2.75, 3.05) is 10.6 Å². The lowest BCUT2D eigenvalue weighted by molar-refractivity contribution is -0.136. The molecule has 0 unspecified atom stereocenters. The zero-order valence-corrected chi connectivity index (χ0v) is 14.2. The minimum atomic E-state index is -4.57. The summed E-state index contributed by atoms with van der Waals surface area (Å²) in [6.45, 7) is 0. The van der Waals surface area contributed by atoms with Crippen molar-refractivity contribution >= 4 is 63.5 Å². The second kappa shape index (κ2) is 7.13. The van der Waals surface area contributed by atoms with E-state index >= 15 is 0 Å². The number of anilines is 2. The number of benzene rings is 2. The van der Waals surface area contributed by atoms with Crippen LogP contribution in [0.15, 0.2) is 36.4 Å². The largest absolute Gasteiger partial charge is 0.418 e. The first-order valence-electron chi connectivity index (χ1n) is 6.06. The van der Waals surface area contributed by atoms with Crippen molar-refractivity contribution < 1.29 is 13.2 Å². The Bertz CT molecular complexity index is 751. The highest BCUT2D eigenvalue weighted by atomic mass is 35.5. The fourth-order valence-electron chi connectivity index (χ4n) is 1.73. The molecule has 0 amide bonds. The highest BCUT2D eigenvalue weighted by Crippen LogP contribution is 2.36. The third-order valence-corrected chi connectivity index (χ3v) is 3.70. The molecule has 2 N–H and O–H groups in total. The topological polar surface area (TPSA) is 24.1 Å². The van der Waals surface area contributed by atoms with Gasteiger partial charge < -0.3 is 10.6 Å². The number of hydrogen-bond donors (Lipinski definition) is 2. The fourth-order valence-corrected chi connectivity index (χ4v) is 2.57. The third-order valence-electron chi connectivity index (χ3n) is 2.71. The highest BCUT2D eigenvalue weighted by Gasteiger charge is 2.34. The second-order valence-corrected chi connectivity index (χ2v) is 6.08. The van der Waals surface area contributed by atoms with E-state index in [1.807, 2.05) is 0 Å². The van der Waals surface area contributed by atoms with Gasteiger partial charge in [0.2, 0.25) is 0 Å². The first-order valence-corrected chi connectivity index (χ1v) is 7.61. The average Bonchev–Trinajstić information content (AvgIpc) is 2.43. The lowest BCUT2D eigenvalue weighted by Crippen LogP contribution is -2.21. The summed E-state index contributed by atoms with van der Waals surface area (Å²) >= 11 is 22.4. The van der Waals surface area contributed by atoms with Crippen LogP contribution >= 0.6 is 47.0 Å². The van der Waals surface area contributed by atoms with E-state index in [9.17, 15) is 13.2 Å². The molecule has 0 aliphatic rings. The number of rotatable bonds is 2. The molecule has 0 radical (unpaired) electrons. The van der Waals surface area contributed by atoms with Crippen LogP contribution in [0, 0.1) is 0 Å². The molecule has 0 aliphatic carbocycles. The highest BCUT2D eigenvalue weighted by molar-refractivity contribution is 7.80. The standard InChI is InChI=1S/C14H8Cl3F3N2S/c15-7-1-3-11(9(5-7)14(18,19)20)21-13(23)22-12-4-2-8(16)6-10(12)17/h1-6H,(H2,21,22,23). The molecule has 0 aliphatic heterocycles. The van der Waals surface area contributed by atoms with Crippen molar-refractivity contribution in [3.63, 3.8) is 0 Å². The summed E-state index contributed by atoms with van der Waals surface area (Å²) in [5.74, 6) is 0. The van der Waals surface area contributed by atoms with Crippen LogP contribution in [0.3, 0.4) is 0 Å². The number of halogens is 6. The number of nitrogens with one attached hydrogen (secondary N) is 2. The average molecular weight is 400 g/mol. The van der Waals surface area contributed by atoms with E-state index in [0.717, 1.165) is 6.07 Å². The lowest BCUT2D eigenvalue weighted by Gasteiger charge is -2.16. The van der Waals surface area contributed by atoms with E-state index in [1.165, 1.54) is 18.2 Å². The molecule has 2 aromatic carbocycles. The van der Waals surface area contributed by atoms with Gasteiger partial charge in [0.05, 0.1) is 22.0 Å². The number of alkyl halides is 3. The Hall–Kier alpha value is -1.21. The lowest BCUT2D eigenvalue weighted by atomic mass is 10.1. The van der Waals surface area contributed by atoms with Crippen molar-refractivity contribution in [3.05, 3.63) is 57.0 Å². The van der Waals surface area contributed by atoms with Gasteiger partial charge in [-0.3, -0.25) is 0 Å². The molecule has 0 fully saturated rings. The summed E-state index contributed by atoms with van der Waals surface area (Å²) in [6.07, 6.45) is -4.57. The molecule has 0 saturated carbocycles. The van der Waals surface area contributed by atoms with Crippen molar-refractivity contribution in [2.24, 2.45) is 0 Å². The molecule has 0 saturated heterocycles. The number of hydrogen-bond acceptors (Lipinski definition) is 1.